The van der Waals surface area contributed by atoms with Gasteiger partial charge in [0.05, 0.1) is 0 Å². The predicted octanol–water partition coefficient (Wildman–Crippen LogP) is -0.262. The van der Waals surface area contributed by atoms with Crippen LogP contribution in [0.25, 0.3) is 0 Å². The second kappa shape index (κ2) is 8.82. The summed E-state index contributed by atoms with van der Waals surface area (Å²) in [6.07, 6.45) is 0. The third-order valence-corrected chi connectivity index (χ3v) is 0. The molecular formula is HBINaO. The zero-order valence-electron chi connectivity index (χ0n) is 1.36. The van der Waals surface area contributed by atoms with Crippen molar-refractivity contribution in [3.63, 3.8) is 0 Å². The van der Waals surface area contributed by atoms with Crippen molar-refractivity contribution < 1.29 is 4.70 Å². The Balaban J connectivity index is 0. The summed E-state index contributed by atoms with van der Waals surface area (Å²) in [5, 5.41) is 0.720. The van der Waals surface area contributed by atoms with Gasteiger partial charge in [-0.3, -0.25) is 0 Å². The third-order valence-electron chi connectivity index (χ3n) is 0. The molecule has 0 bridgehead atoms. The fourth-order valence-electron chi connectivity index (χ4n) is 0. The molecule has 0 aliphatic heterocycles. The van der Waals surface area contributed by atoms with Crippen LogP contribution in [-0.4, -0.2) is 34.6 Å². The van der Waals surface area contributed by atoms with E-state index in [9.17, 15) is 0 Å². The monoisotopic (exact) mass is 178 g/mol. The van der Waals surface area contributed by atoms with Crippen LogP contribution in [0.1, 0.15) is 0 Å². The molecular weight excluding hydrogens is 177 g/mol. The fourth-order valence-corrected chi connectivity index (χ4v) is 0. The maximum absolute atomic E-state index is 8.79. The minimum absolute atomic E-state index is 0. The number of hydrogen-bond acceptors (Lipinski definition) is 1. The summed E-state index contributed by atoms with van der Waals surface area (Å²) in [6, 6.07) is 0. The van der Waals surface area contributed by atoms with Crippen molar-refractivity contribution in [1.82, 2.24) is 0 Å². The molecule has 0 amide bonds. The van der Waals surface area contributed by atoms with Gasteiger partial charge in [-0.15, -0.1) is 0 Å². The summed E-state index contributed by atoms with van der Waals surface area (Å²) in [6.45, 7) is 0. The van der Waals surface area contributed by atoms with Crippen molar-refractivity contribution in [3.05, 3.63) is 0 Å². The standard InChI is InChI=1S/BIO.Na.H/c2-1-3;;. The van der Waals surface area contributed by atoms with Gasteiger partial charge < -0.3 is 0 Å². The molecule has 4 heteroatoms. The quantitative estimate of drug-likeness (QED) is 0.368. The minimum atomic E-state index is 0. The summed E-state index contributed by atoms with van der Waals surface area (Å²) in [5.41, 5.74) is 0. The Morgan fingerprint density at radius 2 is 1.75 bits per heavy atom. The van der Waals surface area contributed by atoms with Crippen molar-refractivity contribution in [3.8, 4) is 0 Å². The molecule has 0 N–H and O–H groups in total. The van der Waals surface area contributed by atoms with Gasteiger partial charge >= 0.3 is 61.6 Å². The second-order valence-corrected chi connectivity index (χ2v) is 0.598. The fraction of sp³-hybridized carbons (Fsp3) is 0. The molecule has 0 heterocycles. The first kappa shape index (κ1) is 9.14. The summed E-state index contributed by atoms with van der Waals surface area (Å²) in [5.74, 6) is 0. The van der Waals surface area contributed by atoms with Gasteiger partial charge in [0, 0.05) is 0 Å². The van der Waals surface area contributed by atoms with Gasteiger partial charge in [0.15, 0.2) is 0 Å². The second-order valence-electron chi connectivity index (χ2n) is 0.0891. The molecule has 0 aromatic carbocycles. The molecule has 0 saturated carbocycles. The zero-order valence-corrected chi connectivity index (χ0v) is 3.52. The topological polar surface area (TPSA) is 17.1 Å². The molecule has 0 spiro atoms. The molecule has 0 radical (unpaired) electrons. The van der Waals surface area contributed by atoms with Crippen LogP contribution in [0.3, 0.4) is 0 Å². The van der Waals surface area contributed by atoms with Crippen LogP contribution in [-0.2, 0) is 4.70 Å². The van der Waals surface area contributed by atoms with E-state index < -0.39 is 0 Å². The molecule has 0 aliphatic rings. The van der Waals surface area contributed by atoms with Gasteiger partial charge in [0.1, 0.15) is 0 Å². The van der Waals surface area contributed by atoms with Crippen molar-refractivity contribution in [2.45, 2.75) is 0 Å². The van der Waals surface area contributed by atoms with E-state index in [0.717, 1.165) is 5.01 Å². The number of hydrogen-bond donors (Lipinski definition) is 0. The Bertz CT molecular complexity index is 15.5. The van der Waals surface area contributed by atoms with E-state index in [1.165, 1.54) is 0 Å². The average molecular weight is 178 g/mol. The molecule has 0 aliphatic carbocycles. The molecule has 0 fully saturated rings. The normalized spacial score (nSPS) is 2.25. The van der Waals surface area contributed by atoms with E-state index in [1.807, 2.05) is 0 Å². The Morgan fingerprint density at radius 1 is 1.75 bits per heavy atom. The summed E-state index contributed by atoms with van der Waals surface area (Å²) in [4.78, 5) is 0. The summed E-state index contributed by atoms with van der Waals surface area (Å²) in [7, 11) is 0. The van der Waals surface area contributed by atoms with E-state index in [4.69, 9.17) is 4.70 Å². The Kier molecular flexibility index (Phi) is 20.2. The molecule has 4 heavy (non-hydrogen) atoms. The van der Waals surface area contributed by atoms with Gasteiger partial charge in [-0.2, -0.15) is 0 Å². The van der Waals surface area contributed by atoms with Crippen LogP contribution in [0.2, 0.25) is 0 Å². The Morgan fingerprint density at radius 3 is 1.75 bits per heavy atom. The molecule has 18 valence electrons. The van der Waals surface area contributed by atoms with Gasteiger partial charge in [0.2, 0.25) is 0 Å². The van der Waals surface area contributed by atoms with Gasteiger partial charge in [-0.05, 0) is 0 Å². The Hall–Kier alpha value is 1.59. The van der Waals surface area contributed by atoms with E-state index in [2.05, 4.69) is 0 Å². The molecule has 0 atom stereocenters. The SMILES string of the molecule is O=BI.[NaH]. The molecule has 0 unspecified atom stereocenters. The predicted molar refractivity (Wildman–Crippen MR) is 27.6 cm³/mol. The van der Waals surface area contributed by atoms with E-state index in [-0.39, 0.29) is 29.6 Å². The van der Waals surface area contributed by atoms with E-state index in [0.29, 0.717) is 0 Å². The zero-order chi connectivity index (χ0) is 2.71. The van der Waals surface area contributed by atoms with Crippen LogP contribution in [0.5, 0.6) is 0 Å². The molecule has 0 saturated heterocycles. The molecule has 1 nitrogen and oxygen atoms in total. The molecule has 0 rings (SSSR count). The van der Waals surface area contributed by atoms with E-state index >= 15 is 0 Å². The van der Waals surface area contributed by atoms with Crippen LogP contribution >= 0.6 is 22.4 Å². The van der Waals surface area contributed by atoms with Crippen LogP contribution < -0.4 is 0 Å². The van der Waals surface area contributed by atoms with Crippen LogP contribution in [0.15, 0.2) is 0 Å². The molecule has 0 aromatic rings. The summed E-state index contributed by atoms with van der Waals surface area (Å²) < 4.78 is 8.79. The van der Waals surface area contributed by atoms with Crippen molar-refractivity contribution in [1.29, 1.82) is 0 Å². The maximum atomic E-state index is 8.79. The van der Waals surface area contributed by atoms with Crippen molar-refractivity contribution in [2.75, 3.05) is 0 Å². The third kappa shape index (κ3) is 9.52. The van der Waals surface area contributed by atoms with Gasteiger partial charge in [-0.25, -0.2) is 0 Å². The Labute approximate surface area is 60.9 Å². The summed E-state index contributed by atoms with van der Waals surface area (Å²) >= 11 is 1.61. The first-order valence-electron chi connectivity index (χ1n) is 0.454. The van der Waals surface area contributed by atoms with Crippen molar-refractivity contribution >= 4 is 56.9 Å². The first-order valence-corrected chi connectivity index (χ1v) is 1.70. The number of halogens is 1. The van der Waals surface area contributed by atoms with Crippen LogP contribution in [0.4, 0.5) is 0 Å². The first-order chi connectivity index (χ1) is 1.41. The van der Waals surface area contributed by atoms with Crippen LogP contribution in [0, 0.1) is 0 Å². The molecule has 0 aromatic heterocycles. The van der Waals surface area contributed by atoms with E-state index in [1.54, 1.807) is 22.4 Å². The number of rotatable bonds is 0. The van der Waals surface area contributed by atoms with Gasteiger partial charge in [0.25, 0.3) is 0 Å². The van der Waals surface area contributed by atoms with Crippen molar-refractivity contribution in [2.24, 2.45) is 0 Å². The van der Waals surface area contributed by atoms with Gasteiger partial charge in [-0.1, -0.05) is 0 Å². The average Bonchev–Trinajstić information content (AvgIpc) is 0.918.